The van der Waals surface area contributed by atoms with Crippen molar-refractivity contribution in [3.63, 3.8) is 0 Å². The Morgan fingerprint density at radius 1 is 0.966 bits per heavy atom. The van der Waals surface area contributed by atoms with Gasteiger partial charge in [0.05, 0.1) is 22.3 Å². The number of carboxylic acid groups (broad SMARTS) is 1. The van der Waals surface area contributed by atoms with Crippen molar-refractivity contribution in [1.29, 1.82) is 0 Å². The minimum Gasteiger partial charge on any atom is -0.478 e. The van der Waals surface area contributed by atoms with Gasteiger partial charge in [-0.05, 0) is 55.7 Å². The van der Waals surface area contributed by atoms with Gasteiger partial charge in [0.15, 0.2) is 0 Å². The van der Waals surface area contributed by atoms with Crippen molar-refractivity contribution in [3.05, 3.63) is 59.7 Å². The Morgan fingerprint density at radius 3 is 2.28 bits per heavy atom. The fourth-order valence-electron chi connectivity index (χ4n) is 3.72. The first kappa shape index (κ1) is 19.2. The van der Waals surface area contributed by atoms with Crippen LogP contribution in [0.1, 0.15) is 35.2 Å². The highest BCUT2D eigenvalue weighted by Crippen LogP contribution is 2.35. The minimum absolute atomic E-state index is 0.124. The Morgan fingerprint density at radius 2 is 1.66 bits per heavy atom. The predicted molar refractivity (Wildman–Crippen MR) is 105 cm³/mol. The quantitative estimate of drug-likeness (QED) is 0.621. The number of halogens is 3. The summed E-state index contributed by atoms with van der Waals surface area (Å²) in [4.78, 5) is 18.2. The zero-order valence-corrected chi connectivity index (χ0v) is 15.5. The molecule has 2 heterocycles. The molecule has 3 aromatic rings. The third kappa shape index (κ3) is 3.90. The zero-order valence-electron chi connectivity index (χ0n) is 15.5. The molecule has 7 heteroatoms. The SMILES string of the molecule is O=C(O)c1ccc2c(N3CCCCC3)cc(-c3ccc(C(F)(F)F)cc3)nc2c1. The Bertz CT molecular complexity index is 1060. The molecule has 4 nitrogen and oxygen atoms in total. The first-order valence-corrected chi connectivity index (χ1v) is 9.43. The van der Waals surface area contributed by atoms with Crippen LogP contribution in [0.15, 0.2) is 48.5 Å². The summed E-state index contributed by atoms with van der Waals surface area (Å²) in [5.74, 6) is -1.05. The van der Waals surface area contributed by atoms with Gasteiger partial charge in [-0.15, -0.1) is 0 Å². The molecular formula is C22H19F3N2O2. The van der Waals surface area contributed by atoms with E-state index in [-0.39, 0.29) is 5.56 Å². The van der Waals surface area contributed by atoms with E-state index in [9.17, 15) is 23.1 Å². The molecule has 0 saturated carbocycles. The molecule has 0 amide bonds. The lowest BCUT2D eigenvalue weighted by Gasteiger charge is -2.30. The second-order valence-corrected chi connectivity index (χ2v) is 7.19. The number of carboxylic acids is 1. The van der Waals surface area contributed by atoms with Crippen LogP contribution >= 0.6 is 0 Å². The van der Waals surface area contributed by atoms with Crippen molar-refractivity contribution in [2.75, 3.05) is 18.0 Å². The number of alkyl halides is 3. The van der Waals surface area contributed by atoms with Gasteiger partial charge < -0.3 is 10.0 Å². The van der Waals surface area contributed by atoms with Gasteiger partial charge in [-0.3, -0.25) is 0 Å². The summed E-state index contributed by atoms with van der Waals surface area (Å²) >= 11 is 0. The maximum atomic E-state index is 12.9. The number of piperidine rings is 1. The first-order chi connectivity index (χ1) is 13.8. The second kappa shape index (κ2) is 7.39. The second-order valence-electron chi connectivity index (χ2n) is 7.19. The summed E-state index contributed by atoms with van der Waals surface area (Å²) < 4.78 is 38.6. The molecule has 0 radical (unpaired) electrons. The number of fused-ring (bicyclic) bond motifs is 1. The molecule has 0 spiro atoms. The van der Waals surface area contributed by atoms with Crippen molar-refractivity contribution in [2.24, 2.45) is 0 Å². The van der Waals surface area contributed by atoms with E-state index < -0.39 is 17.7 Å². The fraction of sp³-hybridized carbons (Fsp3) is 0.273. The standard InChI is InChI=1S/C22H19F3N2O2/c23-22(24,25)16-7-4-14(5-8-16)18-13-20(27-10-2-1-3-11-27)17-9-6-15(21(28)29)12-19(17)26-18/h4-9,12-13H,1-3,10-11H2,(H,28,29). The van der Waals surface area contributed by atoms with E-state index in [2.05, 4.69) is 9.88 Å². The zero-order chi connectivity index (χ0) is 20.6. The van der Waals surface area contributed by atoms with Gasteiger partial charge in [-0.1, -0.05) is 12.1 Å². The highest BCUT2D eigenvalue weighted by atomic mass is 19.4. The van der Waals surface area contributed by atoms with Crippen LogP contribution in [0.3, 0.4) is 0 Å². The molecule has 1 saturated heterocycles. The van der Waals surface area contributed by atoms with Crippen LogP contribution in [0.4, 0.5) is 18.9 Å². The van der Waals surface area contributed by atoms with E-state index in [1.807, 2.05) is 6.07 Å². The average Bonchev–Trinajstić information content (AvgIpc) is 2.72. The number of nitrogens with zero attached hydrogens (tertiary/aromatic N) is 2. The molecule has 1 aliphatic heterocycles. The van der Waals surface area contributed by atoms with Gasteiger partial charge in [0.25, 0.3) is 0 Å². The Kier molecular flexibility index (Phi) is 4.90. The largest absolute Gasteiger partial charge is 0.478 e. The van der Waals surface area contributed by atoms with Gasteiger partial charge in [-0.25, -0.2) is 9.78 Å². The summed E-state index contributed by atoms with van der Waals surface area (Å²) in [5, 5.41) is 10.2. The number of anilines is 1. The highest BCUT2D eigenvalue weighted by Gasteiger charge is 2.30. The number of aromatic carboxylic acids is 1. The van der Waals surface area contributed by atoms with Crippen LogP contribution in [-0.4, -0.2) is 29.1 Å². The van der Waals surface area contributed by atoms with Crippen LogP contribution in [-0.2, 0) is 6.18 Å². The smallest absolute Gasteiger partial charge is 0.416 e. The van der Waals surface area contributed by atoms with Crippen molar-refractivity contribution in [3.8, 4) is 11.3 Å². The average molecular weight is 400 g/mol. The van der Waals surface area contributed by atoms with Crippen molar-refractivity contribution < 1.29 is 23.1 Å². The Balaban J connectivity index is 1.85. The number of rotatable bonds is 3. The minimum atomic E-state index is -4.40. The summed E-state index contributed by atoms with van der Waals surface area (Å²) in [6.45, 7) is 1.76. The third-order valence-electron chi connectivity index (χ3n) is 5.24. The Hall–Kier alpha value is -3.09. The third-order valence-corrected chi connectivity index (χ3v) is 5.24. The van der Waals surface area contributed by atoms with Crippen LogP contribution in [0.2, 0.25) is 0 Å². The number of aromatic nitrogens is 1. The molecule has 150 valence electrons. The molecule has 0 unspecified atom stereocenters. The van der Waals surface area contributed by atoms with Crippen molar-refractivity contribution in [2.45, 2.75) is 25.4 Å². The Labute approximate surface area is 165 Å². The molecular weight excluding hydrogens is 381 g/mol. The number of hydrogen-bond donors (Lipinski definition) is 1. The molecule has 4 rings (SSSR count). The molecule has 1 fully saturated rings. The number of hydrogen-bond acceptors (Lipinski definition) is 3. The number of benzene rings is 2. The summed E-state index contributed by atoms with van der Waals surface area (Å²) in [6.07, 6.45) is -1.11. The van der Waals surface area contributed by atoms with Crippen LogP contribution in [0.25, 0.3) is 22.2 Å². The maximum absolute atomic E-state index is 12.9. The summed E-state index contributed by atoms with van der Waals surface area (Å²) in [7, 11) is 0. The van der Waals surface area contributed by atoms with E-state index in [4.69, 9.17) is 0 Å². The molecule has 2 aromatic carbocycles. The molecule has 0 atom stereocenters. The van der Waals surface area contributed by atoms with Crippen LogP contribution in [0.5, 0.6) is 0 Å². The monoisotopic (exact) mass is 400 g/mol. The maximum Gasteiger partial charge on any atom is 0.416 e. The fourth-order valence-corrected chi connectivity index (χ4v) is 3.72. The van der Waals surface area contributed by atoms with Crippen molar-refractivity contribution >= 4 is 22.6 Å². The molecule has 0 aliphatic carbocycles. The number of carbonyl (C=O) groups is 1. The highest BCUT2D eigenvalue weighted by molar-refractivity contribution is 5.99. The molecule has 29 heavy (non-hydrogen) atoms. The topological polar surface area (TPSA) is 53.4 Å². The van der Waals surface area contributed by atoms with E-state index >= 15 is 0 Å². The lowest BCUT2D eigenvalue weighted by Crippen LogP contribution is -2.29. The lowest BCUT2D eigenvalue weighted by molar-refractivity contribution is -0.137. The molecule has 1 aromatic heterocycles. The summed E-state index contributed by atoms with van der Waals surface area (Å²) in [6, 6.07) is 11.6. The van der Waals surface area contributed by atoms with Crippen LogP contribution in [0, 0.1) is 0 Å². The van der Waals surface area contributed by atoms with E-state index in [0.29, 0.717) is 16.8 Å². The van der Waals surface area contributed by atoms with Gasteiger partial charge in [-0.2, -0.15) is 13.2 Å². The van der Waals surface area contributed by atoms with Gasteiger partial charge in [0.1, 0.15) is 0 Å². The first-order valence-electron chi connectivity index (χ1n) is 9.43. The van der Waals surface area contributed by atoms with Crippen molar-refractivity contribution in [1.82, 2.24) is 4.98 Å². The van der Waals surface area contributed by atoms with Gasteiger partial charge in [0.2, 0.25) is 0 Å². The van der Waals surface area contributed by atoms with Gasteiger partial charge >= 0.3 is 12.1 Å². The normalized spacial score (nSPS) is 14.9. The molecule has 1 aliphatic rings. The predicted octanol–water partition coefficient (Wildman–Crippen LogP) is 5.61. The lowest BCUT2D eigenvalue weighted by atomic mass is 10.0. The van der Waals surface area contributed by atoms with E-state index in [0.717, 1.165) is 55.6 Å². The molecule has 0 bridgehead atoms. The number of pyridine rings is 1. The van der Waals surface area contributed by atoms with Crippen LogP contribution < -0.4 is 4.90 Å². The summed E-state index contributed by atoms with van der Waals surface area (Å²) in [5.41, 5.74) is 1.93. The molecule has 1 N–H and O–H groups in total. The van der Waals surface area contributed by atoms with E-state index in [1.165, 1.54) is 18.2 Å². The van der Waals surface area contributed by atoms with E-state index in [1.54, 1.807) is 12.1 Å². The van der Waals surface area contributed by atoms with Gasteiger partial charge in [0, 0.05) is 29.7 Å².